The first kappa shape index (κ1) is 21.3. The molecule has 148 valence electrons. The van der Waals surface area contributed by atoms with Crippen LogP contribution in [0.15, 0.2) is 0 Å². The van der Waals surface area contributed by atoms with Crippen molar-refractivity contribution in [2.45, 2.75) is 130 Å². The van der Waals surface area contributed by atoms with E-state index in [1.54, 1.807) is 0 Å². The minimum absolute atomic E-state index is 0.575. The van der Waals surface area contributed by atoms with Crippen LogP contribution in [0.5, 0.6) is 0 Å². The molecule has 1 nitrogen and oxygen atoms in total. The van der Waals surface area contributed by atoms with Gasteiger partial charge in [-0.2, -0.15) is 0 Å². The van der Waals surface area contributed by atoms with E-state index in [-0.39, 0.29) is 0 Å². The summed E-state index contributed by atoms with van der Waals surface area (Å²) in [4.78, 5) is 0. The van der Waals surface area contributed by atoms with Gasteiger partial charge in [-0.15, -0.1) is 0 Å². The van der Waals surface area contributed by atoms with E-state index in [1.165, 1.54) is 109 Å². The molecule has 1 heteroatoms. The van der Waals surface area contributed by atoms with Gasteiger partial charge in [-0.1, -0.05) is 85.0 Å². The first-order valence-electron chi connectivity index (χ1n) is 11.8. The minimum atomic E-state index is 0.575. The van der Waals surface area contributed by atoms with Crippen LogP contribution in [0.2, 0.25) is 0 Å². The zero-order valence-electron chi connectivity index (χ0n) is 17.8. The Kier molecular flexibility index (Phi) is 9.89. The maximum absolute atomic E-state index is 4.02. The van der Waals surface area contributed by atoms with E-state index in [0.29, 0.717) is 5.41 Å². The van der Waals surface area contributed by atoms with Gasteiger partial charge in [-0.3, -0.25) is 0 Å². The maximum atomic E-state index is 4.02. The lowest BCUT2D eigenvalue weighted by molar-refractivity contribution is 0.274. The van der Waals surface area contributed by atoms with Gasteiger partial charge in [-0.05, 0) is 62.3 Å². The molecule has 1 aliphatic carbocycles. The summed E-state index contributed by atoms with van der Waals surface area (Å²) in [5, 5.41) is 4.02. The fourth-order valence-corrected chi connectivity index (χ4v) is 5.28. The molecule has 3 unspecified atom stereocenters. The van der Waals surface area contributed by atoms with Gasteiger partial charge >= 0.3 is 0 Å². The third kappa shape index (κ3) is 8.94. The molecule has 1 saturated carbocycles. The molecule has 0 aromatic heterocycles. The Balaban J connectivity index is 1.87. The van der Waals surface area contributed by atoms with Crippen LogP contribution in [-0.2, 0) is 0 Å². The van der Waals surface area contributed by atoms with Crippen molar-refractivity contribution in [3.05, 3.63) is 0 Å². The predicted molar refractivity (Wildman–Crippen MR) is 112 cm³/mol. The molecular weight excluding hydrogens is 302 g/mol. The zero-order valence-corrected chi connectivity index (χ0v) is 17.8. The molecule has 2 fully saturated rings. The predicted octanol–water partition coefficient (Wildman–Crippen LogP) is 7.49. The van der Waals surface area contributed by atoms with Gasteiger partial charge in [0, 0.05) is 6.04 Å². The number of hydrogen-bond donors (Lipinski definition) is 1. The lowest BCUT2D eigenvalue weighted by atomic mass is 9.81. The van der Waals surface area contributed by atoms with Crippen molar-refractivity contribution in [2.75, 3.05) is 6.54 Å². The van der Waals surface area contributed by atoms with Crippen LogP contribution in [0.25, 0.3) is 0 Å². The highest BCUT2D eigenvalue weighted by Gasteiger charge is 2.23. The molecule has 3 atom stereocenters. The van der Waals surface area contributed by atoms with E-state index in [1.807, 2.05) is 0 Å². The Morgan fingerprint density at radius 1 is 0.640 bits per heavy atom. The standard InChI is InChI=1S/C24H47N/c1-21-13-5-4-6-15-22(16-8-7-14-21)23-17-9-10-18-24(2,3)19-11-12-20-25-23/h21-23,25H,4-20H2,1-3H3. The average molecular weight is 350 g/mol. The average Bonchev–Trinajstić information content (AvgIpc) is 2.64. The normalized spacial score (nSPS) is 34.4. The fraction of sp³-hybridized carbons (Fsp3) is 1.00. The molecule has 1 N–H and O–H groups in total. The van der Waals surface area contributed by atoms with Gasteiger partial charge in [0.05, 0.1) is 0 Å². The van der Waals surface area contributed by atoms with Crippen LogP contribution in [0, 0.1) is 17.3 Å². The summed E-state index contributed by atoms with van der Waals surface area (Å²) in [6.07, 6.45) is 23.2. The lowest BCUT2D eigenvalue weighted by Crippen LogP contribution is -2.37. The second-order valence-electron chi connectivity index (χ2n) is 10.2. The highest BCUT2D eigenvalue weighted by atomic mass is 14.9. The van der Waals surface area contributed by atoms with Crippen molar-refractivity contribution < 1.29 is 0 Å². The van der Waals surface area contributed by atoms with Crippen molar-refractivity contribution in [1.29, 1.82) is 0 Å². The van der Waals surface area contributed by atoms with Gasteiger partial charge in [0.25, 0.3) is 0 Å². The Labute approximate surface area is 159 Å². The highest BCUT2D eigenvalue weighted by Crippen LogP contribution is 2.32. The fourth-order valence-electron chi connectivity index (χ4n) is 5.28. The smallest absolute Gasteiger partial charge is 0.00953 e. The summed E-state index contributed by atoms with van der Waals surface area (Å²) < 4.78 is 0. The number of hydrogen-bond acceptors (Lipinski definition) is 1. The zero-order chi connectivity index (χ0) is 18.0. The lowest BCUT2D eigenvalue weighted by Gasteiger charge is -2.29. The van der Waals surface area contributed by atoms with Gasteiger partial charge in [0.15, 0.2) is 0 Å². The largest absolute Gasteiger partial charge is 0.314 e. The number of nitrogens with one attached hydrogen (secondary N) is 1. The van der Waals surface area contributed by atoms with Crippen molar-refractivity contribution in [2.24, 2.45) is 17.3 Å². The monoisotopic (exact) mass is 349 g/mol. The molecule has 1 heterocycles. The van der Waals surface area contributed by atoms with E-state index in [4.69, 9.17) is 0 Å². The van der Waals surface area contributed by atoms with Crippen molar-refractivity contribution in [3.63, 3.8) is 0 Å². The van der Waals surface area contributed by atoms with Crippen molar-refractivity contribution in [3.8, 4) is 0 Å². The number of rotatable bonds is 1. The first-order chi connectivity index (χ1) is 12.1. The van der Waals surface area contributed by atoms with Crippen molar-refractivity contribution >= 4 is 0 Å². The molecule has 2 rings (SSSR count). The topological polar surface area (TPSA) is 12.0 Å². The van der Waals surface area contributed by atoms with E-state index < -0.39 is 0 Å². The van der Waals surface area contributed by atoms with Gasteiger partial charge in [-0.25, -0.2) is 0 Å². The van der Waals surface area contributed by atoms with Gasteiger partial charge in [0.1, 0.15) is 0 Å². The quantitative estimate of drug-likeness (QED) is 0.517. The van der Waals surface area contributed by atoms with Crippen LogP contribution in [-0.4, -0.2) is 12.6 Å². The van der Waals surface area contributed by atoms with Gasteiger partial charge in [0.2, 0.25) is 0 Å². The molecule has 1 aliphatic heterocycles. The van der Waals surface area contributed by atoms with E-state index in [0.717, 1.165) is 17.9 Å². The van der Waals surface area contributed by atoms with Crippen LogP contribution in [0.4, 0.5) is 0 Å². The Bertz CT molecular complexity index is 335. The third-order valence-electron chi connectivity index (χ3n) is 7.17. The summed E-state index contributed by atoms with van der Waals surface area (Å²) in [5.74, 6) is 1.91. The molecule has 0 spiro atoms. The third-order valence-corrected chi connectivity index (χ3v) is 7.17. The Morgan fingerprint density at radius 2 is 1.20 bits per heavy atom. The summed E-state index contributed by atoms with van der Waals surface area (Å²) in [7, 11) is 0. The second kappa shape index (κ2) is 11.6. The SMILES string of the molecule is CC1CCCCCC(C2CCCCC(C)(C)CCCCN2)CCCC1. The summed E-state index contributed by atoms with van der Waals surface area (Å²) in [6.45, 7) is 8.71. The summed E-state index contributed by atoms with van der Waals surface area (Å²) in [5.41, 5.74) is 0.575. The maximum Gasteiger partial charge on any atom is 0.00953 e. The summed E-state index contributed by atoms with van der Waals surface area (Å²) >= 11 is 0. The molecule has 0 amide bonds. The van der Waals surface area contributed by atoms with Crippen molar-refractivity contribution in [1.82, 2.24) is 5.32 Å². The van der Waals surface area contributed by atoms with E-state index in [9.17, 15) is 0 Å². The Morgan fingerprint density at radius 3 is 1.96 bits per heavy atom. The van der Waals surface area contributed by atoms with Crippen LogP contribution >= 0.6 is 0 Å². The molecule has 0 radical (unpaired) electrons. The molecule has 0 aromatic carbocycles. The molecule has 0 aromatic rings. The highest BCUT2D eigenvalue weighted by molar-refractivity contribution is 4.79. The molecule has 25 heavy (non-hydrogen) atoms. The molecule has 0 bridgehead atoms. The molecule has 1 saturated heterocycles. The minimum Gasteiger partial charge on any atom is -0.314 e. The van der Waals surface area contributed by atoms with Crippen LogP contribution < -0.4 is 5.32 Å². The second-order valence-corrected chi connectivity index (χ2v) is 10.2. The van der Waals surface area contributed by atoms with E-state index in [2.05, 4.69) is 26.1 Å². The van der Waals surface area contributed by atoms with E-state index >= 15 is 0 Å². The van der Waals surface area contributed by atoms with Crippen LogP contribution in [0.3, 0.4) is 0 Å². The van der Waals surface area contributed by atoms with Crippen LogP contribution in [0.1, 0.15) is 124 Å². The first-order valence-corrected chi connectivity index (χ1v) is 11.8. The summed E-state index contributed by atoms with van der Waals surface area (Å²) in [6, 6.07) is 0.805. The molecular formula is C24H47N. The van der Waals surface area contributed by atoms with Gasteiger partial charge < -0.3 is 5.32 Å². The Hall–Kier alpha value is -0.0400. The molecule has 2 aliphatic rings.